The number of amides is 2. The average molecular weight is 396 g/mol. The fourth-order valence-electron chi connectivity index (χ4n) is 3.75. The number of nitrogens with zero attached hydrogens (tertiary/aromatic N) is 2. The SMILES string of the molecule is C=C1c2c(ccnc2F)C2CCC1N2C(=O)Nc1cc(Cl)c(Cl)cc1F. The van der Waals surface area contributed by atoms with Crippen LogP contribution in [0.15, 0.2) is 31.0 Å². The topological polar surface area (TPSA) is 45.2 Å². The second kappa shape index (κ2) is 6.21. The van der Waals surface area contributed by atoms with E-state index in [1.54, 1.807) is 11.0 Å². The molecular weight excluding hydrogens is 383 g/mol. The molecule has 3 heterocycles. The molecule has 1 fully saturated rings. The Morgan fingerprint density at radius 1 is 1.23 bits per heavy atom. The van der Waals surface area contributed by atoms with Gasteiger partial charge in [0.1, 0.15) is 5.82 Å². The van der Waals surface area contributed by atoms with E-state index in [4.69, 9.17) is 23.2 Å². The zero-order valence-electron chi connectivity index (χ0n) is 13.4. The number of urea groups is 1. The molecule has 2 unspecified atom stereocenters. The quantitative estimate of drug-likeness (QED) is 0.516. The lowest BCUT2D eigenvalue weighted by atomic mass is 9.91. The van der Waals surface area contributed by atoms with Crippen LogP contribution in [-0.4, -0.2) is 22.0 Å². The lowest BCUT2D eigenvalue weighted by Gasteiger charge is -2.37. The second-order valence-electron chi connectivity index (χ2n) is 6.28. The number of pyridine rings is 1. The van der Waals surface area contributed by atoms with Gasteiger partial charge in [-0.15, -0.1) is 0 Å². The number of nitrogens with one attached hydrogen (secondary N) is 1. The highest BCUT2D eigenvalue weighted by Gasteiger charge is 2.45. The molecule has 1 aromatic heterocycles. The Hall–Kier alpha value is -2.18. The highest BCUT2D eigenvalue weighted by Crippen LogP contribution is 2.48. The third-order valence-corrected chi connectivity index (χ3v) is 5.61. The Morgan fingerprint density at radius 2 is 1.92 bits per heavy atom. The van der Waals surface area contributed by atoms with Crippen molar-refractivity contribution in [2.24, 2.45) is 0 Å². The van der Waals surface area contributed by atoms with Crippen molar-refractivity contribution in [1.29, 1.82) is 0 Å². The van der Waals surface area contributed by atoms with Crippen LogP contribution in [0.25, 0.3) is 5.57 Å². The fraction of sp³-hybridized carbons (Fsp3) is 0.222. The van der Waals surface area contributed by atoms with E-state index < -0.39 is 17.8 Å². The fourth-order valence-corrected chi connectivity index (χ4v) is 4.07. The third kappa shape index (κ3) is 2.56. The predicted octanol–water partition coefficient (Wildman–Crippen LogP) is 5.43. The largest absolute Gasteiger partial charge is 0.322 e. The van der Waals surface area contributed by atoms with E-state index in [1.807, 2.05) is 0 Å². The summed E-state index contributed by atoms with van der Waals surface area (Å²) in [6.07, 6.45) is 2.68. The highest BCUT2D eigenvalue weighted by atomic mass is 35.5. The van der Waals surface area contributed by atoms with Crippen LogP contribution in [0, 0.1) is 11.8 Å². The number of carbonyl (C=O) groups is 1. The van der Waals surface area contributed by atoms with Gasteiger partial charge in [0, 0.05) is 11.8 Å². The Bertz CT molecular complexity index is 950. The molecule has 2 aliphatic heterocycles. The lowest BCUT2D eigenvalue weighted by Crippen LogP contribution is -2.43. The van der Waals surface area contributed by atoms with Gasteiger partial charge in [-0.1, -0.05) is 29.8 Å². The van der Waals surface area contributed by atoms with Gasteiger partial charge in [0.05, 0.1) is 27.8 Å². The van der Waals surface area contributed by atoms with Crippen LogP contribution < -0.4 is 5.32 Å². The summed E-state index contributed by atoms with van der Waals surface area (Å²) in [5.41, 5.74) is 1.48. The van der Waals surface area contributed by atoms with Crippen molar-refractivity contribution in [2.45, 2.75) is 24.9 Å². The minimum atomic E-state index is -0.688. The standard InChI is InChI=1S/C18H13Cl2F2N3O/c1-8-14-2-3-15(9-4-5-23-17(22)16(8)9)25(14)18(26)24-13-7-11(20)10(19)6-12(13)21/h4-7,14-15H,1-3H2,(H,24,26). The molecule has 2 bridgehead atoms. The van der Waals surface area contributed by atoms with Gasteiger partial charge < -0.3 is 10.2 Å². The summed E-state index contributed by atoms with van der Waals surface area (Å²) >= 11 is 11.7. The number of rotatable bonds is 1. The van der Waals surface area contributed by atoms with E-state index in [-0.39, 0.29) is 27.8 Å². The summed E-state index contributed by atoms with van der Waals surface area (Å²) in [5, 5.41) is 2.73. The number of halogens is 4. The number of aromatic nitrogens is 1. The van der Waals surface area contributed by atoms with Gasteiger partial charge in [-0.05, 0) is 42.2 Å². The third-order valence-electron chi connectivity index (χ3n) is 4.89. The van der Waals surface area contributed by atoms with Gasteiger partial charge in [0.2, 0.25) is 5.95 Å². The Morgan fingerprint density at radius 3 is 2.69 bits per heavy atom. The number of hydrogen-bond donors (Lipinski definition) is 1. The molecule has 2 atom stereocenters. The molecule has 0 spiro atoms. The number of benzene rings is 1. The average Bonchev–Trinajstić information content (AvgIpc) is 2.97. The second-order valence-corrected chi connectivity index (χ2v) is 7.10. The summed E-state index contributed by atoms with van der Waals surface area (Å²) in [6, 6.07) is 2.81. The molecule has 2 aliphatic rings. The Kier molecular flexibility index (Phi) is 4.12. The minimum Gasteiger partial charge on any atom is -0.310 e. The predicted molar refractivity (Wildman–Crippen MR) is 96.3 cm³/mol. The zero-order chi connectivity index (χ0) is 18.6. The number of fused-ring (bicyclic) bond motifs is 4. The smallest absolute Gasteiger partial charge is 0.310 e. The number of anilines is 1. The summed E-state index contributed by atoms with van der Waals surface area (Å²) in [7, 11) is 0. The van der Waals surface area contributed by atoms with E-state index in [0.29, 0.717) is 29.5 Å². The zero-order valence-corrected chi connectivity index (χ0v) is 14.9. The van der Waals surface area contributed by atoms with Gasteiger partial charge in [-0.3, -0.25) is 0 Å². The highest BCUT2D eigenvalue weighted by molar-refractivity contribution is 6.42. The molecule has 0 aliphatic carbocycles. The normalized spacial score (nSPS) is 20.9. The first kappa shape index (κ1) is 17.2. The lowest BCUT2D eigenvalue weighted by molar-refractivity contribution is 0.194. The maximum atomic E-state index is 14.1. The molecular formula is C18H13Cl2F2N3O. The van der Waals surface area contributed by atoms with Crippen molar-refractivity contribution in [3.63, 3.8) is 0 Å². The maximum absolute atomic E-state index is 14.1. The molecule has 2 amide bonds. The van der Waals surface area contributed by atoms with Gasteiger partial charge in [-0.2, -0.15) is 4.39 Å². The molecule has 4 nitrogen and oxygen atoms in total. The molecule has 4 rings (SSSR count). The van der Waals surface area contributed by atoms with Crippen molar-refractivity contribution < 1.29 is 13.6 Å². The molecule has 26 heavy (non-hydrogen) atoms. The van der Waals surface area contributed by atoms with Crippen molar-refractivity contribution >= 4 is 40.5 Å². The molecule has 8 heteroatoms. The van der Waals surface area contributed by atoms with Gasteiger partial charge in [0.25, 0.3) is 0 Å². The van der Waals surface area contributed by atoms with Crippen LogP contribution in [0.3, 0.4) is 0 Å². The van der Waals surface area contributed by atoms with E-state index in [2.05, 4.69) is 16.9 Å². The van der Waals surface area contributed by atoms with Crippen LogP contribution in [0.2, 0.25) is 10.0 Å². The molecule has 134 valence electrons. The molecule has 2 aromatic rings. The first-order valence-electron chi connectivity index (χ1n) is 7.96. The van der Waals surface area contributed by atoms with Crippen LogP contribution in [0.5, 0.6) is 0 Å². The molecule has 1 aromatic carbocycles. The molecule has 0 radical (unpaired) electrons. The van der Waals surface area contributed by atoms with E-state index in [1.165, 1.54) is 12.3 Å². The van der Waals surface area contributed by atoms with Gasteiger partial charge >= 0.3 is 6.03 Å². The molecule has 0 saturated carbocycles. The number of carbonyl (C=O) groups excluding carboxylic acids is 1. The Labute approximate surface area is 158 Å². The van der Waals surface area contributed by atoms with Crippen LogP contribution >= 0.6 is 23.2 Å². The first-order valence-corrected chi connectivity index (χ1v) is 8.71. The molecule has 1 N–H and O–H groups in total. The summed E-state index contributed by atoms with van der Waals surface area (Å²) in [4.78, 5) is 18.1. The van der Waals surface area contributed by atoms with Gasteiger partial charge in [-0.25, -0.2) is 14.2 Å². The summed E-state index contributed by atoms with van der Waals surface area (Å²) < 4.78 is 28.2. The van der Waals surface area contributed by atoms with Crippen molar-refractivity contribution in [3.05, 3.63) is 63.9 Å². The Balaban J connectivity index is 1.68. The summed E-state index contributed by atoms with van der Waals surface area (Å²) in [6.45, 7) is 3.96. The van der Waals surface area contributed by atoms with Gasteiger partial charge in [0.15, 0.2) is 0 Å². The van der Waals surface area contributed by atoms with Crippen LogP contribution in [0.1, 0.15) is 30.0 Å². The first-order chi connectivity index (χ1) is 12.4. The van der Waals surface area contributed by atoms with E-state index in [9.17, 15) is 13.6 Å². The summed E-state index contributed by atoms with van der Waals surface area (Å²) in [5.74, 6) is -1.27. The monoisotopic (exact) mass is 395 g/mol. The van der Waals surface area contributed by atoms with E-state index in [0.717, 1.165) is 6.07 Å². The van der Waals surface area contributed by atoms with Crippen LogP contribution in [-0.2, 0) is 0 Å². The molecule has 1 saturated heterocycles. The maximum Gasteiger partial charge on any atom is 0.322 e. The minimum absolute atomic E-state index is 0.0606. The van der Waals surface area contributed by atoms with Crippen molar-refractivity contribution in [2.75, 3.05) is 5.32 Å². The van der Waals surface area contributed by atoms with Crippen LogP contribution in [0.4, 0.5) is 19.3 Å². The van der Waals surface area contributed by atoms with Crippen molar-refractivity contribution in [3.8, 4) is 0 Å². The van der Waals surface area contributed by atoms with Crippen molar-refractivity contribution in [1.82, 2.24) is 9.88 Å². The number of hydrogen-bond acceptors (Lipinski definition) is 2. The van der Waals surface area contributed by atoms with E-state index >= 15 is 0 Å².